The molecule has 2 aliphatic carbocycles. The van der Waals surface area contributed by atoms with Crippen molar-refractivity contribution in [1.29, 1.82) is 0 Å². The van der Waals surface area contributed by atoms with E-state index < -0.39 is 0 Å². The van der Waals surface area contributed by atoms with Gasteiger partial charge in [0.2, 0.25) is 5.91 Å². The summed E-state index contributed by atoms with van der Waals surface area (Å²) in [5.41, 5.74) is 1.54. The lowest BCUT2D eigenvalue weighted by Gasteiger charge is -2.63. The highest BCUT2D eigenvalue weighted by atomic mass is 79.9. The second kappa shape index (κ2) is 7.01. The van der Waals surface area contributed by atoms with Gasteiger partial charge in [0.05, 0.1) is 6.10 Å². The zero-order valence-electron chi connectivity index (χ0n) is 14.8. The monoisotopic (exact) mass is 406 g/mol. The minimum absolute atomic E-state index is 0.199. The van der Waals surface area contributed by atoms with Crippen LogP contribution in [0.1, 0.15) is 37.7 Å². The number of carbonyl (C=O) groups is 1. The molecule has 4 nitrogen and oxygen atoms in total. The molecule has 0 unspecified atom stereocenters. The van der Waals surface area contributed by atoms with Gasteiger partial charge in [0.1, 0.15) is 0 Å². The van der Waals surface area contributed by atoms with Crippen molar-refractivity contribution in [1.82, 2.24) is 10.2 Å². The van der Waals surface area contributed by atoms with Crippen LogP contribution in [0.15, 0.2) is 28.7 Å². The van der Waals surface area contributed by atoms with E-state index in [1.54, 1.807) is 0 Å². The Hall–Kier alpha value is -0.910. The summed E-state index contributed by atoms with van der Waals surface area (Å²) in [6.45, 7) is 2.34. The summed E-state index contributed by atoms with van der Waals surface area (Å²) >= 11 is 3.55. The molecule has 1 amide bonds. The van der Waals surface area contributed by atoms with Gasteiger partial charge in [0, 0.05) is 55.0 Å². The van der Waals surface area contributed by atoms with Crippen LogP contribution in [0, 0.1) is 11.3 Å². The molecule has 3 aliphatic rings. The van der Waals surface area contributed by atoms with Crippen LogP contribution in [0.4, 0.5) is 0 Å². The number of nitrogens with zero attached hydrogens (tertiary/aromatic N) is 1. The summed E-state index contributed by atoms with van der Waals surface area (Å²) in [5.74, 6) is 0.873. The van der Waals surface area contributed by atoms with Gasteiger partial charge in [-0.25, -0.2) is 0 Å². The van der Waals surface area contributed by atoms with Crippen molar-refractivity contribution < 1.29 is 9.53 Å². The average Bonchev–Trinajstić information content (AvgIpc) is 2.97. The average molecular weight is 407 g/mol. The van der Waals surface area contributed by atoms with Gasteiger partial charge in [0.25, 0.3) is 0 Å². The van der Waals surface area contributed by atoms with Crippen LogP contribution in [0.3, 0.4) is 0 Å². The van der Waals surface area contributed by atoms with E-state index in [0.29, 0.717) is 36.4 Å². The molecule has 1 aromatic rings. The lowest BCUT2D eigenvalue weighted by atomic mass is 9.46. The normalized spacial score (nSPS) is 29.0. The quantitative estimate of drug-likeness (QED) is 0.787. The molecule has 1 aliphatic heterocycles. The second-order valence-corrected chi connectivity index (χ2v) is 8.71. The van der Waals surface area contributed by atoms with Gasteiger partial charge < -0.3 is 15.0 Å². The molecule has 1 spiro atoms. The number of benzene rings is 1. The molecule has 25 heavy (non-hydrogen) atoms. The Morgan fingerprint density at radius 2 is 2.20 bits per heavy atom. The number of fused-ring (bicyclic) bond motifs is 2. The highest BCUT2D eigenvalue weighted by molar-refractivity contribution is 9.10. The van der Waals surface area contributed by atoms with Crippen molar-refractivity contribution in [3.05, 3.63) is 34.3 Å². The van der Waals surface area contributed by atoms with Gasteiger partial charge in [0.15, 0.2) is 0 Å². The Morgan fingerprint density at radius 1 is 1.40 bits per heavy atom. The topological polar surface area (TPSA) is 41.6 Å². The van der Waals surface area contributed by atoms with E-state index in [1.165, 1.54) is 25.7 Å². The third-order valence-corrected chi connectivity index (χ3v) is 7.30. The van der Waals surface area contributed by atoms with Crippen molar-refractivity contribution in [3.8, 4) is 0 Å². The van der Waals surface area contributed by atoms with Gasteiger partial charge in [-0.3, -0.25) is 4.79 Å². The van der Waals surface area contributed by atoms with Crippen LogP contribution in [0.2, 0.25) is 0 Å². The van der Waals surface area contributed by atoms with E-state index >= 15 is 0 Å². The molecule has 0 aromatic heterocycles. The maximum Gasteiger partial charge on any atom is 0.223 e. The minimum atomic E-state index is 0.199. The summed E-state index contributed by atoms with van der Waals surface area (Å²) in [4.78, 5) is 14.3. The van der Waals surface area contributed by atoms with Crippen molar-refractivity contribution >= 4 is 21.8 Å². The first-order chi connectivity index (χ1) is 12.1. The van der Waals surface area contributed by atoms with Gasteiger partial charge in [-0.2, -0.15) is 0 Å². The molecule has 5 heteroatoms. The Morgan fingerprint density at radius 3 is 2.92 bits per heavy atom. The van der Waals surface area contributed by atoms with Crippen LogP contribution in [-0.4, -0.2) is 43.2 Å². The zero-order chi connectivity index (χ0) is 17.4. The van der Waals surface area contributed by atoms with E-state index in [0.717, 1.165) is 23.2 Å². The number of ether oxygens (including phenoxy) is 1. The first-order valence-electron chi connectivity index (χ1n) is 9.44. The fraction of sp³-hybridized carbons (Fsp3) is 0.650. The van der Waals surface area contributed by atoms with Crippen molar-refractivity contribution in [2.45, 2.75) is 50.8 Å². The number of carbonyl (C=O) groups excluding carboxylic acids is 1. The summed E-state index contributed by atoms with van der Waals surface area (Å²) in [7, 11) is 1.89. The smallest absolute Gasteiger partial charge is 0.223 e. The predicted octanol–water partition coefficient (Wildman–Crippen LogP) is 3.34. The molecule has 4 rings (SSSR count). The van der Waals surface area contributed by atoms with E-state index in [4.69, 9.17) is 4.74 Å². The van der Waals surface area contributed by atoms with Gasteiger partial charge >= 0.3 is 0 Å². The molecule has 0 bridgehead atoms. The highest BCUT2D eigenvalue weighted by Gasteiger charge is 2.66. The summed E-state index contributed by atoms with van der Waals surface area (Å²) in [6.07, 6.45) is 6.15. The number of amides is 1. The maximum atomic E-state index is 12.5. The summed E-state index contributed by atoms with van der Waals surface area (Å²) < 4.78 is 7.02. The van der Waals surface area contributed by atoms with Crippen molar-refractivity contribution in [2.24, 2.45) is 11.3 Å². The van der Waals surface area contributed by atoms with E-state index in [9.17, 15) is 4.79 Å². The number of hydrogen-bond donors (Lipinski definition) is 1. The zero-order valence-corrected chi connectivity index (χ0v) is 16.4. The first kappa shape index (κ1) is 17.5. The third-order valence-electron chi connectivity index (χ3n) is 6.53. The minimum Gasteiger partial charge on any atom is -0.377 e. The molecule has 136 valence electrons. The fourth-order valence-electron chi connectivity index (χ4n) is 5.06. The predicted molar refractivity (Wildman–Crippen MR) is 101 cm³/mol. The lowest BCUT2D eigenvalue weighted by Crippen LogP contribution is -2.71. The van der Waals surface area contributed by atoms with Gasteiger partial charge in [-0.15, -0.1) is 0 Å². The molecular weight excluding hydrogens is 380 g/mol. The first-order valence-corrected chi connectivity index (χ1v) is 10.2. The molecule has 3 fully saturated rings. The largest absolute Gasteiger partial charge is 0.377 e. The fourth-order valence-corrected chi connectivity index (χ4v) is 5.47. The van der Waals surface area contributed by atoms with Crippen molar-refractivity contribution in [2.75, 3.05) is 20.2 Å². The Bertz CT molecular complexity index is 646. The lowest BCUT2D eigenvalue weighted by molar-refractivity contribution is -0.176. The van der Waals surface area contributed by atoms with E-state index in [-0.39, 0.29) is 5.91 Å². The van der Waals surface area contributed by atoms with Gasteiger partial charge in [-0.1, -0.05) is 40.5 Å². The van der Waals surface area contributed by atoms with Crippen LogP contribution in [-0.2, 0) is 16.1 Å². The number of nitrogens with one attached hydrogen (secondary N) is 1. The molecule has 1 heterocycles. The number of hydrogen-bond acceptors (Lipinski definition) is 3. The number of rotatable bonds is 6. The maximum absolute atomic E-state index is 12.5. The Balaban J connectivity index is 1.26. The number of halogens is 1. The standard InChI is InChI=1S/C20H27BrN2O2/c1-23(13-14-5-2-3-6-16(14)21)17(24)7-11-22-18-15-8-12-25-19(15)20(18)9-4-10-20/h2-3,5-6,15,18-19,22H,4,7-13H2,1H3/t15-,18+,19+/m0/s1. The second-order valence-electron chi connectivity index (χ2n) is 7.85. The molecule has 1 N–H and O–H groups in total. The van der Waals surface area contributed by atoms with E-state index in [1.807, 2.05) is 30.1 Å². The van der Waals surface area contributed by atoms with Gasteiger partial charge in [-0.05, 0) is 30.9 Å². The molecule has 0 radical (unpaired) electrons. The Kier molecular flexibility index (Phi) is 4.91. The van der Waals surface area contributed by atoms with E-state index in [2.05, 4.69) is 27.3 Å². The molecule has 3 atom stereocenters. The molecule has 1 saturated heterocycles. The summed E-state index contributed by atoms with van der Waals surface area (Å²) in [6, 6.07) is 8.64. The van der Waals surface area contributed by atoms with Crippen LogP contribution >= 0.6 is 15.9 Å². The third kappa shape index (κ3) is 3.04. The molecule has 1 aromatic carbocycles. The SMILES string of the molecule is CN(Cc1ccccc1Br)C(=O)CCN[C@@H]1[C@@H]2CCO[C@H]2C12CCC2. The summed E-state index contributed by atoms with van der Waals surface area (Å²) in [5, 5.41) is 3.71. The van der Waals surface area contributed by atoms with Crippen molar-refractivity contribution in [3.63, 3.8) is 0 Å². The molecular formula is C20H27BrN2O2. The Labute approximate surface area is 158 Å². The highest BCUT2D eigenvalue weighted by Crippen LogP contribution is 2.62. The van der Waals surface area contributed by atoms with Crippen LogP contribution < -0.4 is 5.32 Å². The molecule has 2 saturated carbocycles. The van der Waals surface area contributed by atoms with Crippen LogP contribution in [0.25, 0.3) is 0 Å². The van der Waals surface area contributed by atoms with Crippen LogP contribution in [0.5, 0.6) is 0 Å².